The summed E-state index contributed by atoms with van der Waals surface area (Å²) in [5.74, 6) is 0.765. The van der Waals surface area contributed by atoms with E-state index in [9.17, 15) is 0 Å². The highest BCUT2D eigenvalue weighted by Crippen LogP contribution is 2.15. The Bertz CT molecular complexity index is 292. The van der Waals surface area contributed by atoms with Crippen LogP contribution in [0.4, 0.5) is 0 Å². The Kier molecular flexibility index (Phi) is 5.93. The minimum absolute atomic E-state index is 0.597. The van der Waals surface area contributed by atoms with E-state index in [-0.39, 0.29) is 0 Å². The van der Waals surface area contributed by atoms with Crippen molar-refractivity contribution in [3.63, 3.8) is 0 Å². The van der Waals surface area contributed by atoms with E-state index in [2.05, 4.69) is 56.6 Å². The van der Waals surface area contributed by atoms with Gasteiger partial charge in [-0.15, -0.1) is 11.8 Å². The average Bonchev–Trinajstić information content (AvgIpc) is 2.26. The van der Waals surface area contributed by atoms with E-state index in [1.165, 1.54) is 16.9 Å². The van der Waals surface area contributed by atoms with Crippen LogP contribution in [0.25, 0.3) is 0 Å². The summed E-state index contributed by atoms with van der Waals surface area (Å²) in [5, 5.41) is 3.56. The lowest BCUT2D eigenvalue weighted by Crippen LogP contribution is -2.26. The first-order valence-electron chi connectivity index (χ1n) is 5.98. The first-order chi connectivity index (χ1) is 7.61. The molecule has 0 unspecified atom stereocenters. The summed E-state index contributed by atoms with van der Waals surface area (Å²) in [6.45, 7) is 7.77. The molecule has 0 aliphatic carbocycles. The van der Waals surface area contributed by atoms with Crippen molar-refractivity contribution in [3.8, 4) is 0 Å². The maximum Gasteiger partial charge on any atom is 0.0207 e. The molecule has 2 heteroatoms. The number of benzene rings is 1. The van der Waals surface area contributed by atoms with Crippen LogP contribution in [0.1, 0.15) is 32.8 Å². The molecule has 0 heterocycles. The normalized spacial score (nSPS) is 13.1. The quantitative estimate of drug-likeness (QED) is 0.752. The molecule has 1 nitrogen and oxygen atoms in total. The number of thioether (sulfide) groups is 1. The molecule has 1 aromatic rings. The first-order valence-corrected chi connectivity index (χ1v) is 7.20. The lowest BCUT2D eigenvalue weighted by Gasteiger charge is -2.15. The van der Waals surface area contributed by atoms with Crippen LogP contribution in [0.5, 0.6) is 0 Å². The monoisotopic (exact) mass is 237 g/mol. The molecule has 0 aliphatic rings. The Balaban J connectivity index is 2.36. The topological polar surface area (TPSA) is 12.0 Å². The van der Waals surface area contributed by atoms with Crippen LogP contribution in [0.15, 0.2) is 29.2 Å². The van der Waals surface area contributed by atoms with Crippen molar-refractivity contribution >= 4 is 11.8 Å². The van der Waals surface area contributed by atoms with Gasteiger partial charge in [0.25, 0.3) is 0 Å². The van der Waals surface area contributed by atoms with Gasteiger partial charge in [0.1, 0.15) is 0 Å². The van der Waals surface area contributed by atoms with Crippen molar-refractivity contribution < 1.29 is 0 Å². The van der Waals surface area contributed by atoms with Gasteiger partial charge in [-0.05, 0) is 43.2 Å². The van der Waals surface area contributed by atoms with E-state index in [1.54, 1.807) is 11.8 Å². The Morgan fingerprint density at radius 2 is 1.75 bits per heavy atom. The Morgan fingerprint density at radius 1 is 1.12 bits per heavy atom. The minimum atomic E-state index is 0.597. The maximum atomic E-state index is 3.56. The summed E-state index contributed by atoms with van der Waals surface area (Å²) in [5.41, 5.74) is 1.37. The molecule has 1 rings (SSSR count). The molecule has 1 N–H and O–H groups in total. The predicted molar refractivity (Wildman–Crippen MR) is 74.0 cm³/mol. The zero-order valence-corrected chi connectivity index (χ0v) is 11.6. The molecule has 16 heavy (non-hydrogen) atoms. The fourth-order valence-corrected chi connectivity index (χ4v) is 2.23. The van der Waals surface area contributed by atoms with Crippen LogP contribution in [-0.4, -0.2) is 12.3 Å². The second-order valence-corrected chi connectivity index (χ2v) is 5.64. The molecule has 0 radical (unpaired) electrons. The molecular weight excluding hydrogens is 214 g/mol. The van der Waals surface area contributed by atoms with Gasteiger partial charge < -0.3 is 5.32 Å². The fraction of sp³-hybridized carbons (Fsp3) is 0.571. The van der Waals surface area contributed by atoms with Crippen LogP contribution in [0.3, 0.4) is 0 Å². The third kappa shape index (κ3) is 5.04. The number of nitrogens with one attached hydrogen (secondary N) is 1. The number of hydrogen-bond acceptors (Lipinski definition) is 2. The summed E-state index contributed by atoms with van der Waals surface area (Å²) in [7, 11) is 0. The summed E-state index contributed by atoms with van der Waals surface area (Å²) in [4.78, 5) is 1.33. The van der Waals surface area contributed by atoms with Gasteiger partial charge in [-0.25, -0.2) is 0 Å². The maximum absolute atomic E-state index is 3.56. The second kappa shape index (κ2) is 6.97. The minimum Gasteiger partial charge on any atom is -0.310 e. The average molecular weight is 237 g/mol. The van der Waals surface area contributed by atoms with Crippen LogP contribution >= 0.6 is 11.8 Å². The standard InChI is InChI=1S/C14H23NS/c1-11(2)9-12(3)15-10-13-5-7-14(16-4)8-6-13/h5-8,11-12,15H,9-10H2,1-4H3/t12-/m1/s1. The van der Waals surface area contributed by atoms with Gasteiger partial charge in [0.05, 0.1) is 0 Å². The molecular formula is C14H23NS. The zero-order valence-electron chi connectivity index (χ0n) is 10.8. The van der Waals surface area contributed by atoms with E-state index in [0.29, 0.717) is 6.04 Å². The summed E-state index contributed by atoms with van der Waals surface area (Å²) in [6.07, 6.45) is 3.35. The van der Waals surface area contributed by atoms with Gasteiger partial charge in [0.2, 0.25) is 0 Å². The van der Waals surface area contributed by atoms with Crippen molar-refractivity contribution in [2.45, 2.75) is 44.7 Å². The lowest BCUT2D eigenvalue weighted by molar-refractivity contribution is 0.441. The Hall–Kier alpha value is -0.470. The van der Waals surface area contributed by atoms with Crippen LogP contribution < -0.4 is 5.32 Å². The van der Waals surface area contributed by atoms with E-state index < -0.39 is 0 Å². The molecule has 0 aromatic heterocycles. The molecule has 0 bridgehead atoms. The van der Waals surface area contributed by atoms with Crippen molar-refractivity contribution in [3.05, 3.63) is 29.8 Å². The van der Waals surface area contributed by atoms with Gasteiger partial charge in [-0.3, -0.25) is 0 Å². The zero-order chi connectivity index (χ0) is 12.0. The number of rotatable bonds is 6. The molecule has 0 saturated carbocycles. The highest BCUT2D eigenvalue weighted by molar-refractivity contribution is 7.98. The van der Waals surface area contributed by atoms with Crippen LogP contribution in [-0.2, 0) is 6.54 Å². The van der Waals surface area contributed by atoms with Gasteiger partial charge >= 0.3 is 0 Å². The summed E-state index contributed by atoms with van der Waals surface area (Å²) < 4.78 is 0. The summed E-state index contributed by atoms with van der Waals surface area (Å²) in [6, 6.07) is 9.39. The first kappa shape index (κ1) is 13.6. The van der Waals surface area contributed by atoms with Crippen molar-refractivity contribution in [1.29, 1.82) is 0 Å². The molecule has 1 atom stereocenters. The van der Waals surface area contributed by atoms with Gasteiger partial charge in [0.15, 0.2) is 0 Å². The molecule has 0 fully saturated rings. The van der Waals surface area contributed by atoms with E-state index in [0.717, 1.165) is 12.5 Å². The van der Waals surface area contributed by atoms with Crippen LogP contribution in [0, 0.1) is 5.92 Å². The van der Waals surface area contributed by atoms with Crippen molar-refractivity contribution in [2.24, 2.45) is 5.92 Å². The van der Waals surface area contributed by atoms with Crippen molar-refractivity contribution in [1.82, 2.24) is 5.32 Å². The van der Waals surface area contributed by atoms with Gasteiger partial charge in [0, 0.05) is 17.5 Å². The molecule has 1 aromatic carbocycles. The lowest BCUT2D eigenvalue weighted by atomic mass is 10.1. The summed E-state index contributed by atoms with van der Waals surface area (Å²) >= 11 is 1.79. The fourth-order valence-electron chi connectivity index (χ4n) is 1.83. The highest BCUT2D eigenvalue weighted by Gasteiger charge is 2.04. The molecule has 90 valence electrons. The van der Waals surface area contributed by atoms with Gasteiger partial charge in [-0.1, -0.05) is 26.0 Å². The third-order valence-corrected chi connectivity index (χ3v) is 3.38. The second-order valence-electron chi connectivity index (χ2n) is 4.76. The van der Waals surface area contributed by atoms with Gasteiger partial charge in [-0.2, -0.15) is 0 Å². The van der Waals surface area contributed by atoms with E-state index in [1.807, 2.05) is 0 Å². The third-order valence-electron chi connectivity index (χ3n) is 2.64. The smallest absolute Gasteiger partial charge is 0.0207 e. The predicted octanol–water partition coefficient (Wildman–Crippen LogP) is 3.93. The SMILES string of the molecule is CSc1ccc(CN[C@H](C)CC(C)C)cc1. The Morgan fingerprint density at radius 3 is 2.25 bits per heavy atom. The number of hydrogen-bond donors (Lipinski definition) is 1. The highest BCUT2D eigenvalue weighted by atomic mass is 32.2. The van der Waals surface area contributed by atoms with Crippen LogP contribution in [0.2, 0.25) is 0 Å². The Labute approximate surface area is 104 Å². The molecule has 0 spiro atoms. The molecule has 0 saturated heterocycles. The van der Waals surface area contributed by atoms with Crippen molar-refractivity contribution in [2.75, 3.05) is 6.26 Å². The molecule has 0 aliphatic heterocycles. The largest absolute Gasteiger partial charge is 0.310 e. The molecule has 0 amide bonds. The van der Waals surface area contributed by atoms with E-state index in [4.69, 9.17) is 0 Å². The van der Waals surface area contributed by atoms with E-state index >= 15 is 0 Å².